The number of carbonyl (C=O) groups excluding carboxylic acids is 1. The van der Waals surface area contributed by atoms with Gasteiger partial charge in [-0.1, -0.05) is 42.5 Å². The molecule has 2 saturated carbocycles. The highest BCUT2D eigenvalue weighted by atomic mass is 16.3. The summed E-state index contributed by atoms with van der Waals surface area (Å²) >= 11 is 0. The molecule has 0 amide bonds. The molecule has 3 aliphatic carbocycles. The molecular formula is C22H26O4. The molecule has 4 unspecified atom stereocenters. The fourth-order valence-corrected chi connectivity index (χ4v) is 4.97. The lowest BCUT2D eigenvalue weighted by atomic mass is 9.69. The van der Waals surface area contributed by atoms with Crippen LogP contribution in [0, 0.1) is 16.7 Å². The summed E-state index contributed by atoms with van der Waals surface area (Å²) in [4.78, 5) is 13.2. The molecule has 138 valence electrons. The molecule has 0 aliphatic heterocycles. The predicted molar refractivity (Wildman–Crippen MR) is 98.3 cm³/mol. The van der Waals surface area contributed by atoms with Crippen molar-refractivity contribution >= 4 is 5.78 Å². The Morgan fingerprint density at radius 1 is 1.15 bits per heavy atom. The van der Waals surface area contributed by atoms with Gasteiger partial charge in [0.2, 0.25) is 0 Å². The molecule has 4 nitrogen and oxygen atoms in total. The van der Waals surface area contributed by atoms with E-state index < -0.39 is 30.1 Å². The highest BCUT2D eigenvalue weighted by Crippen LogP contribution is 2.66. The van der Waals surface area contributed by atoms with Gasteiger partial charge in [0.1, 0.15) is 0 Å². The third-order valence-electron chi connectivity index (χ3n) is 6.89. The normalized spacial score (nSPS) is 35.2. The lowest BCUT2D eigenvalue weighted by Gasteiger charge is -2.38. The third kappa shape index (κ3) is 2.22. The maximum atomic E-state index is 13.2. The van der Waals surface area contributed by atoms with Crippen molar-refractivity contribution in [3.05, 3.63) is 59.2 Å². The van der Waals surface area contributed by atoms with Gasteiger partial charge in [-0.05, 0) is 43.7 Å². The summed E-state index contributed by atoms with van der Waals surface area (Å²) < 4.78 is 0. The SMILES string of the molecule is C=C1C(O)C2C(=C(CCc3ccccc3)C13CC3)C(=O)C(C)(CO)C2O. The van der Waals surface area contributed by atoms with Crippen LogP contribution in [0.1, 0.15) is 31.7 Å². The van der Waals surface area contributed by atoms with E-state index >= 15 is 0 Å². The Kier molecular flexibility index (Phi) is 3.99. The number of benzene rings is 1. The van der Waals surface area contributed by atoms with E-state index in [1.54, 1.807) is 6.92 Å². The molecule has 3 aliphatic rings. The molecular weight excluding hydrogens is 328 g/mol. The van der Waals surface area contributed by atoms with Crippen molar-refractivity contribution in [3.8, 4) is 0 Å². The van der Waals surface area contributed by atoms with E-state index in [2.05, 4.69) is 18.7 Å². The van der Waals surface area contributed by atoms with Crippen LogP contribution in [-0.4, -0.2) is 39.9 Å². The Morgan fingerprint density at radius 2 is 1.81 bits per heavy atom. The molecule has 2 fully saturated rings. The van der Waals surface area contributed by atoms with Crippen LogP contribution in [0.3, 0.4) is 0 Å². The van der Waals surface area contributed by atoms with Gasteiger partial charge in [0.05, 0.1) is 24.2 Å². The first kappa shape index (κ1) is 17.7. The van der Waals surface area contributed by atoms with Crippen LogP contribution in [0.25, 0.3) is 0 Å². The first-order valence-corrected chi connectivity index (χ1v) is 9.35. The van der Waals surface area contributed by atoms with E-state index in [0.29, 0.717) is 12.0 Å². The number of carbonyl (C=O) groups is 1. The lowest BCUT2D eigenvalue weighted by molar-refractivity contribution is -0.129. The molecule has 1 aromatic carbocycles. The van der Waals surface area contributed by atoms with Gasteiger partial charge in [0.15, 0.2) is 5.78 Å². The summed E-state index contributed by atoms with van der Waals surface area (Å²) in [5, 5.41) is 31.4. The Bertz CT molecular complexity index is 790. The van der Waals surface area contributed by atoms with Crippen LogP contribution < -0.4 is 0 Å². The van der Waals surface area contributed by atoms with Crippen LogP contribution in [0.5, 0.6) is 0 Å². The first-order valence-electron chi connectivity index (χ1n) is 9.35. The molecule has 0 saturated heterocycles. The van der Waals surface area contributed by atoms with E-state index in [0.717, 1.165) is 30.4 Å². The Labute approximate surface area is 153 Å². The molecule has 1 spiro atoms. The minimum atomic E-state index is -1.25. The Hall–Kier alpha value is -1.75. The quantitative estimate of drug-likeness (QED) is 0.725. The van der Waals surface area contributed by atoms with Gasteiger partial charge in [-0.3, -0.25) is 4.79 Å². The number of hydrogen-bond acceptors (Lipinski definition) is 4. The van der Waals surface area contributed by atoms with Crippen molar-refractivity contribution in [2.24, 2.45) is 16.7 Å². The number of allylic oxidation sites excluding steroid dienone is 1. The summed E-state index contributed by atoms with van der Waals surface area (Å²) in [5.74, 6) is -0.887. The second kappa shape index (κ2) is 5.88. The van der Waals surface area contributed by atoms with Crippen LogP contribution in [0.15, 0.2) is 53.6 Å². The van der Waals surface area contributed by atoms with Gasteiger partial charge in [0.25, 0.3) is 0 Å². The monoisotopic (exact) mass is 354 g/mol. The van der Waals surface area contributed by atoms with Crippen molar-refractivity contribution in [1.29, 1.82) is 0 Å². The number of rotatable bonds is 4. The number of aliphatic hydroxyl groups excluding tert-OH is 3. The minimum Gasteiger partial charge on any atom is -0.395 e. The number of aryl methyl sites for hydroxylation is 1. The molecule has 4 heteroatoms. The van der Waals surface area contributed by atoms with Crippen LogP contribution in [-0.2, 0) is 11.2 Å². The molecule has 0 heterocycles. The molecule has 3 N–H and O–H groups in total. The summed E-state index contributed by atoms with van der Waals surface area (Å²) in [7, 11) is 0. The molecule has 0 aromatic heterocycles. The first-order chi connectivity index (χ1) is 12.4. The van der Waals surface area contributed by atoms with Crippen molar-refractivity contribution in [2.45, 2.75) is 44.8 Å². The zero-order chi connectivity index (χ0) is 18.7. The number of hydrogen-bond donors (Lipinski definition) is 3. The highest BCUT2D eigenvalue weighted by molar-refractivity contribution is 6.05. The number of ketones is 1. The van der Waals surface area contributed by atoms with Gasteiger partial charge < -0.3 is 15.3 Å². The fourth-order valence-electron chi connectivity index (χ4n) is 4.97. The summed E-state index contributed by atoms with van der Waals surface area (Å²) in [5.41, 5.74) is 1.96. The summed E-state index contributed by atoms with van der Waals surface area (Å²) in [6.45, 7) is 5.31. The molecule has 4 rings (SSSR count). The van der Waals surface area contributed by atoms with Crippen LogP contribution >= 0.6 is 0 Å². The van der Waals surface area contributed by atoms with Crippen molar-refractivity contribution < 1.29 is 20.1 Å². The van der Waals surface area contributed by atoms with Crippen LogP contribution in [0.4, 0.5) is 0 Å². The highest BCUT2D eigenvalue weighted by Gasteiger charge is 2.64. The standard InChI is InChI=1S/C22H26O4/c1-13-18(24)17-16(19(25)21(2,12-23)20(17)26)15(22(13)10-11-22)9-8-14-6-4-3-5-7-14/h3-7,17-18,20,23-24,26H,1,8-12H2,2H3. The second-order valence-electron chi connectivity index (χ2n) is 8.31. The Balaban J connectivity index is 1.79. The average Bonchev–Trinajstić information content (AvgIpc) is 3.42. The molecule has 0 bridgehead atoms. The zero-order valence-corrected chi connectivity index (χ0v) is 15.1. The van der Waals surface area contributed by atoms with Crippen molar-refractivity contribution in [1.82, 2.24) is 0 Å². The fraction of sp³-hybridized carbons (Fsp3) is 0.500. The van der Waals surface area contributed by atoms with E-state index in [1.165, 1.54) is 5.56 Å². The zero-order valence-electron chi connectivity index (χ0n) is 15.1. The Morgan fingerprint density at radius 3 is 2.38 bits per heavy atom. The maximum Gasteiger partial charge on any atom is 0.170 e. The molecule has 1 aromatic rings. The van der Waals surface area contributed by atoms with Gasteiger partial charge in [-0.2, -0.15) is 0 Å². The minimum absolute atomic E-state index is 0.210. The maximum absolute atomic E-state index is 13.2. The predicted octanol–water partition coefficient (Wildman–Crippen LogP) is 2.19. The van der Waals surface area contributed by atoms with Crippen molar-refractivity contribution in [3.63, 3.8) is 0 Å². The summed E-state index contributed by atoms with van der Waals surface area (Å²) in [6, 6.07) is 10.1. The van der Waals surface area contributed by atoms with E-state index in [9.17, 15) is 20.1 Å². The molecule has 0 radical (unpaired) electrons. The van der Waals surface area contributed by atoms with Gasteiger partial charge in [-0.25, -0.2) is 0 Å². The van der Waals surface area contributed by atoms with Crippen molar-refractivity contribution in [2.75, 3.05) is 6.61 Å². The largest absolute Gasteiger partial charge is 0.395 e. The van der Waals surface area contributed by atoms with Gasteiger partial charge >= 0.3 is 0 Å². The molecule has 4 atom stereocenters. The smallest absolute Gasteiger partial charge is 0.170 e. The van der Waals surface area contributed by atoms with E-state index in [4.69, 9.17) is 0 Å². The average molecular weight is 354 g/mol. The van der Waals surface area contributed by atoms with Gasteiger partial charge in [-0.15, -0.1) is 0 Å². The van der Waals surface area contributed by atoms with Gasteiger partial charge in [0, 0.05) is 16.9 Å². The topological polar surface area (TPSA) is 77.8 Å². The molecule has 26 heavy (non-hydrogen) atoms. The number of aliphatic hydroxyl groups is 3. The third-order valence-corrected chi connectivity index (χ3v) is 6.89. The lowest BCUT2D eigenvalue weighted by Crippen LogP contribution is -2.42. The number of fused-ring (bicyclic) bond motifs is 1. The second-order valence-corrected chi connectivity index (χ2v) is 8.31. The van der Waals surface area contributed by atoms with E-state index in [-0.39, 0.29) is 11.2 Å². The number of Topliss-reactive ketones (excluding diaryl/α,β-unsaturated/α-hetero) is 1. The van der Waals surface area contributed by atoms with Crippen LogP contribution in [0.2, 0.25) is 0 Å². The van der Waals surface area contributed by atoms with E-state index in [1.807, 2.05) is 18.2 Å². The summed E-state index contributed by atoms with van der Waals surface area (Å²) in [6.07, 6.45) is 1.27.